The van der Waals surface area contributed by atoms with Crippen LogP contribution in [0.5, 0.6) is 0 Å². The largest absolute Gasteiger partial charge is 0.348 e. The van der Waals surface area contributed by atoms with E-state index < -0.39 is 0 Å². The molecule has 102 valence electrons. The third kappa shape index (κ3) is 3.69. The second-order valence-corrected chi connectivity index (χ2v) is 6.53. The van der Waals surface area contributed by atoms with Crippen LogP contribution < -0.4 is 10.2 Å². The third-order valence-electron chi connectivity index (χ3n) is 3.57. The fourth-order valence-electron chi connectivity index (χ4n) is 2.48. The lowest BCUT2D eigenvalue weighted by atomic mass is 10.2. The number of anilines is 1. The Morgan fingerprint density at radius 3 is 2.83 bits per heavy atom. The molecule has 0 spiro atoms. The molecular weight excluding hydrogens is 242 g/mol. The molecule has 0 unspecified atom stereocenters. The van der Waals surface area contributed by atoms with E-state index in [4.69, 9.17) is 4.98 Å². The highest BCUT2D eigenvalue weighted by molar-refractivity contribution is 7.13. The first-order chi connectivity index (χ1) is 8.66. The zero-order chi connectivity index (χ0) is 13.0. The monoisotopic (exact) mass is 267 g/mol. The molecule has 1 aromatic rings. The molecule has 0 aliphatic heterocycles. The molecule has 1 saturated carbocycles. The van der Waals surface area contributed by atoms with Gasteiger partial charge in [-0.1, -0.05) is 26.7 Å². The zero-order valence-electron chi connectivity index (χ0n) is 11.8. The van der Waals surface area contributed by atoms with Crippen LogP contribution >= 0.6 is 11.3 Å². The van der Waals surface area contributed by atoms with Gasteiger partial charge in [-0.2, -0.15) is 0 Å². The molecule has 0 bridgehead atoms. The van der Waals surface area contributed by atoms with Crippen LogP contribution in [0.3, 0.4) is 0 Å². The summed E-state index contributed by atoms with van der Waals surface area (Å²) in [4.78, 5) is 7.11. The molecular formula is C14H25N3S. The van der Waals surface area contributed by atoms with Crippen molar-refractivity contribution >= 4 is 16.5 Å². The van der Waals surface area contributed by atoms with Crippen molar-refractivity contribution in [2.45, 2.75) is 52.1 Å². The second kappa shape index (κ2) is 6.53. The number of hydrogen-bond donors (Lipinski definition) is 1. The molecule has 1 aromatic heterocycles. The summed E-state index contributed by atoms with van der Waals surface area (Å²) >= 11 is 1.78. The fourth-order valence-corrected chi connectivity index (χ4v) is 3.34. The maximum absolute atomic E-state index is 4.73. The summed E-state index contributed by atoms with van der Waals surface area (Å²) < 4.78 is 0. The number of nitrogens with zero attached hydrogens (tertiary/aromatic N) is 2. The van der Waals surface area contributed by atoms with Crippen LogP contribution in [0, 0.1) is 5.92 Å². The van der Waals surface area contributed by atoms with Gasteiger partial charge in [-0.05, 0) is 25.3 Å². The van der Waals surface area contributed by atoms with E-state index in [1.807, 2.05) is 0 Å². The van der Waals surface area contributed by atoms with Gasteiger partial charge < -0.3 is 10.2 Å². The van der Waals surface area contributed by atoms with Gasteiger partial charge in [0.1, 0.15) is 0 Å². The molecule has 1 fully saturated rings. The highest BCUT2D eigenvalue weighted by Gasteiger charge is 2.21. The lowest BCUT2D eigenvalue weighted by Crippen LogP contribution is -2.28. The minimum atomic E-state index is 0.698. The summed E-state index contributed by atoms with van der Waals surface area (Å²) in [5, 5.41) is 6.82. The molecule has 3 nitrogen and oxygen atoms in total. The van der Waals surface area contributed by atoms with Crippen molar-refractivity contribution in [2.75, 3.05) is 18.5 Å². The van der Waals surface area contributed by atoms with Gasteiger partial charge in [-0.15, -0.1) is 11.3 Å². The molecule has 0 amide bonds. The summed E-state index contributed by atoms with van der Waals surface area (Å²) in [5.74, 6) is 0.698. The first kappa shape index (κ1) is 13.8. The maximum atomic E-state index is 4.73. The molecule has 4 heteroatoms. The molecule has 0 atom stereocenters. The van der Waals surface area contributed by atoms with Crippen LogP contribution in [0.1, 0.15) is 45.2 Å². The number of hydrogen-bond acceptors (Lipinski definition) is 4. The highest BCUT2D eigenvalue weighted by atomic mass is 32.1. The van der Waals surface area contributed by atoms with Crippen molar-refractivity contribution in [1.82, 2.24) is 10.3 Å². The van der Waals surface area contributed by atoms with E-state index in [1.54, 1.807) is 11.3 Å². The Morgan fingerprint density at radius 1 is 1.44 bits per heavy atom. The Morgan fingerprint density at radius 2 is 2.17 bits per heavy atom. The van der Waals surface area contributed by atoms with Gasteiger partial charge in [0, 0.05) is 25.0 Å². The molecule has 0 saturated heterocycles. The minimum Gasteiger partial charge on any atom is -0.348 e. The molecule has 1 heterocycles. The maximum Gasteiger partial charge on any atom is 0.185 e. The number of nitrogens with one attached hydrogen (secondary N) is 1. The average Bonchev–Trinajstić information content (AvgIpc) is 2.99. The van der Waals surface area contributed by atoms with Crippen molar-refractivity contribution < 1.29 is 0 Å². The summed E-state index contributed by atoms with van der Waals surface area (Å²) in [6.07, 6.45) is 5.42. The van der Waals surface area contributed by atoms with E-state index in [-0.39, 0.29) is 0 Å². The van der Waals surface area contributed by atoms with E-state index in [0.717, 1.165) is 13.1 Å². The predicted octanol–water partition coefficient (Wildman–Crippen LogP) is 3.27. The minimum absolute atomic E-state index is 0.698. The predicted molar refractivity (Wildman–Crippen MR) is 79.3 cm³/mol. The van der Waals surface area contributed by atoms with Crippen molar-refractivity contribution in [2.24, 2.45) is 5.92 Å². The standard InChI is InChI=1S/C14H25N3S/c1-11(2)8-15-9-12-10-18-14(16-12)17(3)13-6-4-5-7-13/h10-11,13,15H,4-9H2,1-3H3. The van der Waals surface area contributed by atoms with Crippen LogP contribution in [0.4, 0.5) is 5.13 Å². The van der Waals surface area contributed by atoms with Crippen molar-refractivity contribution in [3.63, 3.8) is 0 Å². The van der Waals surface area contributed by atoms with Gasteiger partial charge in [0.25, 0.3) is 0 Å². The molecule has 2 rings (SSSR count). The van der Waals surface area contributed by atoms with Crippen LogP contribution in [0.25, 0.3) is 0 Å². The Kier molecular flexibility index (Phi) is 5.01. The summed E-state index contributed by atoms with van der Waals surface area (Å²) in [5.41, 5.74) is 1.18. The fraction of sp³-hybridized carbons (Fsp3) is 0.786. The van der Waals surface area contributed by atoms with Gasteiger partial charge in [-0.25, -0.2) is 4.98 Å². The molecule has 0 radical (unpaired) electrons. The normalized spacial score (nSPS) is 16.7. The van der Waals surface area contributed by atoms with Gasteiger partial charge in [0.05, 0.1) is 5.69 Å². The molecule has 0 aromatic carbocycles. The smallest absolute Gasteiger partial charge is 0.185 e. The van der Waals surface area contributed by atoms with Gasteiger partial charge in [0.15, 0.2) is 5.13 Å². The van der Waals surface area contributed by atoms with Gasteiger partial charge >= 0.3 is 0 Å². The summed E-state index contributed by atoms with van der Waals surface area (Å²) in [7, 11) is 2.19. The number of thiazole rings is 1. The second-order valence-electron chi connectivity index (χ2n) is 5.70. The van der Waals surface area contributed by atoms with Crippen LogP contribution in [0.2, 0.25) is 0 Å². The Labute approximate surface area is 115 Å². The lowest BCUT2D eigenvalue weighted by molar-refractivity contribution is 0.548. The van der Waals surface area contributed by atoms with Crippen LogP contribution in [-0.2, 0) is 6.54 Å². The first-order valence-electron chi connectivity index (χ1n) is 7.04. The third-order valence-corrected chi connectivity index (χ3v) is 4.55. The Hall–Kier alpha value is -0.610. The van der Waals surface area contributed by atoms with E-state index in [9.17, 15) is 0 Å². The highest BCUT2D eigenvalue weighted by Crippen LogP contribution is 2.28. The zero-order valence-corrected chi connectivity index (χ0v) is 12.6. The number of aromatic nitrogens is 1. The first-order valence-corrected chi connectivity index (χ1v) is 7.92. The Balaban J connectivity index is 1.85. The van der Waals surface area contributed by atoms with E-state index >= 15 is 0 Å². The molecule has 18 heavy (non-hydrogen) atoms. The molecule has 1 N–H and O–H groups in total. The average molecular weight is 267 g/mol. The van der Waals surface area contributed by atoms with Crippen LogP contribution in [-0.4, -0.2) is 24.6 Å². The molecule has 1 aliphatic rings. The van der Waals surface area contributed by atoms with E-state index in [1.165, 1.54) is 36.5 Å². The lowest BCUT2D eigenvalue weighted by Gasteiger charge is -2.23. The molecule has 1 aliphatic carbocycles. The van der Waals surface area contributed by atoms with Crippen molar-refractivity contribution in [3.8, 4) is 0 Å². The van der Waals surface area contributed by atoms with Crippen LogP contribution in [0.15, 0.2) is 5.38 Å². The summed E-state index contributed by atoms with van der Waals surface area (Å²) in [6, 6.07) is 0.715. The van der Waals surface area contributed by atoms with E-state index in [0.29, 0.717) is 12.0 Å². The van der Waals surface area contributed by atoms with Crippen molar-refractivity contribution in [1.29, 1.82) is 0 Å². The van der Waals surface area contributed by atoms with Crippen molar-refractivity contribution in [3.05, 3.63) is 11.1 Å². The quantitative estimate of drug-likeness (QED) is 0.857. The van der Waals surface area contributed by atoms with E-state index in [2.05, 4.69) is 36.5 Å². The SMILES string of the molecule is CC(C)CNCc1csc(N(C)C2CCCC2)n1. The van der Waals surface area contributed by atoms with Gasteiger partial charge in [0.2, 0.25) is 0 Å². The summed E-state index contributed by atoms with van der Waals surface area (Å²) in [6.45, 7) is 6.42. The van der Waals surface area contributed by atoms with Gasteiger partial charge in [-0.3, -0.25) is 0 Å². The number of rotatable bonds is 6. The Bertz CT molecular complexity index is 356. The topological polar surface area (TPSA) is 28.2 Å².